The predicted octanol–water partition coefficient (Wildman–Crippen LogP) is 2.13. The molecule has 0 fully saturated rings. The molecule has 6 heteroatoms. The summed E-state index contributed by atoms with van der Waals surface area (Å²) in [5.74, 6) is 0.781. The third-order valence-corrected chi connectivity index (χ3v) is 3.60. The molecule has 0 bridgehead atoms. The average Bonchev–Trinajstić information content (AvgIpc) is 2.99. The third-order valence-electron chi connectivity index (χ3n) is 2.76. The fourth-order valence-corrected chi connectivity index (χ4v) is 2.44. The molecule has 1 amide bonds. The van der Waals surface area contributed by atoms with Gasteiger partial charge < -0.3 is 14.8 Å². The number of aromatic nitrogens is 1. The van der Waals surface area contributed by atoms with E-state index in [9.17, 15) is 4.79 Å². The first-order valence-corrected chi connectivity index (χ1v) is 7.01. The molecule has 0 aliphatic rings. The molecule has 5 nitrogen and oxygen atoms in total. The van der Waals surface area contributed by atoms with Gasteiger partial charge >= 0.3 is 0 Å². The summed E-state index contributed by atoms with van der Waals surface area (Å²) >= 11 is 1.57. The number of thiazole rings is 1. The smallest absolute Gasteiger partial charge is 0.258 e. The Balaban J connectivity index is 2.04. The van der Waals surface area contributed by atoms with Crippen molar-refractivity contribution >= 4 is 17.2 Å². The number of carbonyl (C=O) groups excluding carboxylic acids is 1. The van der Waals surface area contributed by atoms with Crippen LogP contribution in [0.2, 0.25) is 0 Å². The number of methoxy groups -OCH3 is 2. The Morgan fingerprint density at radius 2 is 2.00 bits per heavy atom. The van der Waals surface area contributed by atoms with Gasteiger partial charge in [0.25, 0.3) is 5.91 Å². The maximum Gasteiger partial charge on any atom is 0.258 e. The van der Waals surface area contributed by atoms with Gasteiger partial charge in [-0.15, -0.1) is 11.3 Å². The van der Waals surface area contributed by atoms with Crippen LogP contribution in [0.15, 0.2) is 29.8 Å². The van der Waals surface area contributed by atoms with Gasteiger partial charge in [-0.1, -0.05) is 6.07 Å². The minimum Gasteiger partial charge on any atom is -0.496 e. The van der Waals surface area contributed by atoms with Crippen LogP contribution in [0.1, 0.15) is 15.4 Å². The van der Waals surface area contributed by atoms with Gasteiger partial charge in [-0.3, -0.25) is 4.79 Å². The van der Waals surface area contributed by atoms with Crippen LogP contribution < -0.4 is 14.8 Å². The number of carbonyl (C=O) groups is 1. The van der Waals surface area contributed by atoms with Gasteiger partial charge in [0, 0.05) is 24.5 Å². The van der Waals surface area contributed by atoms with E-state index in [2.05, 4.69) is 10.3 Å². The molecule has 0 spiro atoms. The molecule has 0 aliphatic carbocycles. The molecular formula is C14H16N2O3S. The fourth-order valence-electron chi connectivity index (χ4n) is 1.82. The number of rotatable bonds is 6. The molecule has 1 N–H and O–H groups in total. The summed E-state index contributed by atoms with van der Waals surface area (Å²) in [7, 11) is 3.06. The van der Waals surface area contributed by atoms with Crippen LogP contribution in [0, 0.1) is 0 Å². The topological polar surface area (TPSA) is 60.5 Å². The molecule has 0 saturated carbocycles. The maximum absolute atomic E-state index is 12.2. The zero-order chi connectivity index (χ0) is 14.4. The zero-order valence-corrected chi connectivity index (χ0v) is 12.2. The van der Waals surface area contributed by atoms with Crippen LogP contribution in [-0.4, -0.2) is 31.7 Å². The molecule has 20 heavy (non-hydrogen) atoms. The molecule has 1 aromatic carbocycles. The van der Waals surface area contributed by atoms with Gasteiger partial charge in [-0.25, -0.2) is 4.98 Å². The summed E-state index contributed by atoms with van der Waals surface area (Å²) < 4.78 is 10.4. The molecule has 0 saturated heterocycles. The standard InChI is InChI=1S/C14H16N2O3S/c1-18-10-4-3-5-11(19-2)13(10)14(17)16-7-6-12-15-8-9-20-12/h3-5,8-9H,6-7H2,1-2H3,(H,16,17). The van der Waals surface area contributed by atoms with Crippen LogP contribution >= 0.6 is 11.3 Å². The quantitative estimate of drug-likeness (QED) is 0.886. The van der Waals surface area contributed by atoms with Crippen molar-refractivity contribution in [3.05, 3.63) is 40.3 Å². The van der Waals surface area contributed by atoms with Crippen LogP contribution in [0.5, 0.6) is 11.5 Å². The summed E-state index contributed by atoms with van der Waals surface area (Å²) in [6.07, 6.45) is 2.46. The van der Waals surface area contributed by atoms with E-state index in [0.717, 1.165) is 5.01 Å². The van der Waals surface area contributed by atoms with Crippen molar-refractivity contribution in [2.45, 2.75) is 6.42 Å². The molecule has 1 aromatic heterocycles. The Hall–Kier alpha value is -2.08. The van der Waals surface area contributed by atoms with Crippen molar-refractivity contribution < 1.29 is 14.3 Å². The summed E-state index contributed by atoms with van der Waals surface area (Å²) in [4.78, 5) is 16.4. The predicted molar refractivity (Wildman–Crippen MR) is 77.7 cm³/mol. The lowest BCUT2D eigenvalue weighted by Gasteiger charge is -2.12. The monoisotopic (exact) mass is 292 g/mol. The zero-order valence-electron chi connectivity index (χ0n) is 11.4. The second-order valence-corrected chi connectivity index (χ2v) is 4.95. The minimum atomic E-state index is -0.212. The highest BCUT2D eigenvalue weighted by Crippen LogP contribution is 2.27. The van der Waals surface area contributed by atoms with Crippen molar-refractivity contribution in [2.24, 2.45) is 0 Å². The number of hydrogen-bond donors (Lipinski definition) is 1. The number of benzene rings is 1. The molecule has 1 heterocycles. The lowest BCUT2D eigenvalue weighted by atomic mass is 10.1. The number of nitrogens with one attached hydrogen (secondary N) is 1. The maximum atomic E-state index is 12.2. The van der Waals surface area contributed by atoms with E-state index in [1.807, 2.05) is 5.38 Å². The van der Waals surface area contributed by atoms with Crippen LogP contribution in [0.25, 0.3) is 0 Å². The van der Waals surface area contributed by atoms with Gasteiger partial charge in [-0.2, -0.15) is 0 Å². The second-order valence-electron chi connectivity index (χ2n) is 3.97. The SMILES string of the molecule is COc1cccc(OC)c1C(=O)NCCc1nccs1. The Morgan fingerprint density at radius 3 is 2.55 bits per heavy atom. The van der Waals surface area contributed by atoms with Crippen molar-refractivity contribution in [1.29, 1.82) is 0 Å². The van der Waals surface area contributed by atoms with E-state index >= 15 is 0 Å². The van der Waals surface area contributed by atoms with E-state index < -0.39 is 0 Å². The van der Waals surface area contributed by atoms with E-state index in [-0.39, 0.29) is 5.91 Å². The molecule has 2 aromatic rings. The first kappa shape index (κ1) is 14.3. The van der Waals surface area contributed by atoms with E-state index in [1.54, 1.807) is 35.7 Å². The number of ether oxygens (including phenoxy) is 2. The second kappa shape index (κ2) is 6.91. The average molecular weight is 292 g/mol. The lowest BCUT2D eigenvalue weighted by Crippen LogP contribution is -2.26. The largest absolute Gasteiger partial charge is 0.496 e. The van der Waals surface area contributed by atoms with Crippen molar-refractivity contribution in [3.8, 4) is 11.5 Å². The van der Waals surface area contributed by atoms with Crippen molar-refractivity contribution in [1.82, 2.24) is 10.3 Å². The minimum absolute atomic E-state index is 0.212. The highest BCUT2D eigenvalue weighted by atomic mass is 32.1. The molecule has 0 atom stereocenters. The van der Waals surface area contributed by atoms with Gasteiger partial charge in [0.15, 0.2) is 0 Å². The number of nitrogens with zero attached hydrogens (tertiary/aromatic N) is 1. The normalized spacial score (nSPS) is 10.1. The molecule has 0 radical (unpaired) electrons. The highest BCUT2D eigenvalue weighted by molar-refractivity contribution is 7.09. The van der Waals surface area contributed by atoms with Crippen LogP contribution in [0.3, 0.4) is 0 Å². The molecular weight excluding hydrogens is 276 g/mol. The van der Waals surface area contributed by atoms with Crippen LogP contribution in [-0.2, 0) is 6.42 Å². The Morgan fingerprint density at radius 1 is 1.30 bits per heavy atom. The molecule has 2 rings (SSSR count). The van der Waals surface area contributed by atoms with Crippen molar-refractivity contribution in [3.63, 3.8) is 0 Å². The van der Waals surface area contributed by atoms with Gasteiger partial charge in [0.1, 0.15) is 17.1 Å². The number of amides is 1. The first-order valence-electron chi connectivity index (χ1n) is 6.13. The fraction of sp³-hybridized carbons (Fsp3) is 0.286. The van der Waals surface area contributed by atoms with Gasteiger partial charge in [-0.05, 0) is 12.1 Å². The third kappa shape index (κ3) is 3.27. The Kier molecular flexibility index (Phi) is 4.95. The summed E-state index contributed by atoms with van der Waals surface area (Å²) in [5.41, 5.74) is 0.414. The van der Waals surface area contributed by atoms with Crippen LogP contribution in [0.4, 0.5) is 0 Å². The van der Waals surface area contributed by atoms with Gasteiger partial charge in [0.05, 0.1) is 19.2 Å². The summed E-state index contributed by atoms with van der Waals surface area (Å²) in [6, 6.07) is 5.25. The van der Waals surface area contributed by atoms with E-state index in [4.69, 9.17) is 9.47 Å². The molecule has 0 unspecified atom stereocenters. The molecule has 0 aliphatic heterocycles. The highest BCUT2D eigenvalue weighted by Gasteiger charge is 2.17. The lowest BCUT2D eigenvalue weighted by molar-refractivity contribution is 0.0948. The Bertz CT molecular complexity index is 548. The molecule has 106 valence electrons. The first-order chi connectivity index (χ1) is 9.76. The summed E-state index contributed by atoms with van der Waals surface area (Å²) in [6.45, 7) is 0.521. The number of hydrogen-bond acceptors (Lipinski definition) is 5. The van der Waals surface area contributed by atoms with Gasteiger partial charge in [0.2, 0.25) is 0 Å². The van der Waals surface area contributed by atoms with Crippen molar-refractivity contribution in [2.75, 3.05) is 20.8 Å². The van der Waals surface area contributed by atoms with E-state index in [1.165, 1.54) is 14.2 Å². The van der Waals surface area contributed by atoms with E-state index in [0.29, 0.717) is 30.0 Å². The Labute approximate surface area is 121 Å². The summed E-state index contributed by atoms with van der Waals surface area (Å²) in [5, 5.41) is 5.77.